The third kappa shape index (κ3) is 5.65. The summed E-state index contributed by atoms with van der Waals surface area (Å²) in [4.78, 5) is 17.2. The normalized spacial score (nSPS) is 16.9. The monoisotopic (exact) mass is 365 g/mol. The van der Waals surface area contributed by atoms with Crippen molar-refractivity contribution in [2.45, 2.75) is 33.4 Å². The molecule has 0 radical (unpaired) electrons. The van der Waals surface area contributed by atoms with Gasteiger partial charge in [0.05, 0.1) is 12.6 Å². The lowest BCUT2D eigenvalue weighted by molar-refractivity contribution is -0.123. The molecule has 1 saturated heterocycles. The molecular formula is C23H31N3O. The molecule has 1 heterocycles. The third-order valence-electron chi connectivity index (χ3n) is 5.49. The zero-order valence-corrected chi connectivity index (χ0v) is 16.7. The number of carbonyl (C=O) groups is 1. The number of amides is 1. The molecule has 1 amide bonds. The largest absolute Gasteiger partial charge is 0.348 e. The Kier molecular flexibility index (Phi) is 6.64. The average Bonchev–Trinajstić information content (AvgIpc) is 2.66. The van der Waals surface area contributed by atoms with Crippen molar-refractivity contribution in [2.24, 2.45) is 0 Å². The highest BCUT2D eigenvalue weighted by atomic mass is 16.2. The van der Waals surface area contributed by atoms with E-state index in [1.165, 1.54) is 22.3 Å². The number of nitrogens with one attached hydrogen (secondary N) is 1. The molecule has 1 N–H and O–H groups in total. The molecule has 27 heavy (non-hydrogen) atoms. The standard InChI is InChI=1S/C23H31N3O/c1-18-9-10-22(15-19(18)2)20(3)24-23(27)17-26-13-11-25(12-14-26)16-21-7-5-4-6-8-21/h4-10,15,20H,11-14,16-17H2,1-3H3,(H,24,27)/t20-/m0/s1. The summed E-state index contributed by atoms with van der Waals surface area (Å²) in [7, 11) is 0. The first-order valence-electron chi connectivity index (χ1n) is 9.86. The van der Waals surface area contributed by atoms with E-state index < -0.39 is 0 Å². The van der Waals surface area contributed by atoms with Crippen LogP contribution in [0.25, 0.3) is 0 Å². The van der Waals surface area contributed by atoms with Crippen molar-refractivity contribution in [3.05, 3.63) is 70.8 Å². The second kappa shape index (κ2) is 9.16. The number of piperazine rings is 1. The van der Waals surface area contributed by atoms with Gasteiger partial charge in [-0.25, -0.2) is 0 Å². The van der Waals surface area contributed by atoms with Gasteiger partial charge >= 0.3 is 0 Å². The number of benzene rings is 2. The maximum atomic E-state index is 12.5. The second-order valence-electron chi connectivity index (χ2n) is 7.67. The van der Waals surface area contributed by atoms with Crippen molar-refractivity contribution in [1.82, 2.24) is 15.1 Å². The van der Waals surface area contributed by atoms with Crippen LogP contribution in [0.15, 0.2) is 48.5 Å². The highest BCUT2D eigenvalue weighted by Gasteiger charge is 2.20. The molecular weight excluding hydrogens is 334 g/mol. The lowest BCUT2D eigenvalue weighted by Gasteiger charge is -2.34. The SMILES string of the molecule is Cc1ccc([C@H](C)NC(=O)CN2CCN(Cc3ccccc3)CC2)cc1C. The topological polar surface area (TPSA) is 35.6 Å². The van der Waals surface area contributed by atoms with Crippen molar-refractivity contribution >= 4 is 5.91 Å². The molecule has 4 heteroatoms. The van der Waals surface area contributed by atoms with Gasteiger partial charge < -0.3 is 5.32 Å². The quantitative estimate of drug-likeness (QED) is 0.853. The number of hydrogen-bond donors (Lipinski definition) is 1. The van der Waals surface area contributed by atoms with Gasteiger partial charge in [0.15, 0.2) is 0 Å². The molecule has 3 rings (SSSR count). The summed E-state index contributed by atoms with van der Waals surface area (Å²) in [6.45, 7) is 11.7. The Morgan fingerprint density at radius 3 is 2.30 bits per heavy atom. The van der Waals surface area contributed by atoms with Gasteiger partial charge in [0, 0.05) is 32.7 Å². The molecule has 0 aliphatic carbocycles. The first-order valence-corrected chi connectivity index (χ1v) is 9.86. The Hall–Kier alpha value is -2.17. The van der Waals surface area contributed by atoms with E-state index in [2.05, 4.69) is 84.4 Å². The van der Waals surface area contributed by atoms with Gasteiger partial charge in [0.2, 0.25) is 5.91 Å². The van der Waals surface area contributed by atoms with E-state index >= 15 is 0 Å². The molecule has 0 spiro atoms. The molecule has 2 aromatic carbocycles. The summed E-state index contributed by atoms with van der Waals surface area (Å²) in [5.74, 6) is 0.109. The lowest BCUT2D eigenvalue weighted by Crippen LogP contribution is -2.49. The molecule has 0 bridgehead atoms. The zero-order valence-electron chi connectivity index (χ0n) is 16.7. The minimum Gasteiger partial charge on any atom is -0.348 e. The Balaban J connectivity index is 1.43. The van der Waals surface area contributed by atoms with Crippen LogP contribution in [0.2, 0.25) is 0 Å². The maximum Gasteiger partial charge on any atom is 0.234 e. The molecule has 144 valence electrons. The molecule has 0 aromatic heterocycles. The molecule has 1 atom stereocenters. The smallest absolute Gasteiger partial charge is 0.234 e. The summed E-state index contributed by atoms with van der Waals surface area (Å²) in [6.07, 6.45) is 0. The first kappa shape index (κ1) is 19.6. The third-order valence-corrected chi connectivity index (χ3v) is 5.49. The van der Waals surface area contributed by atoms with Gasteiger partial charge in [-0.2, -0.15) is 0 Å². The molecule has 1 aliphatic heterocycles. The van der Waals surface area contributed by atoms with Crippen molar-refractivity contribution in [3.8, 4) is 0 Å². The van der Waals surface area contributed by atoms with Gasteiger partial charge in [-0.1, -0.05) is 48.5 Å². The molecule has 4 nitrogen and oxygen atoms in total. The maximum absolute atomic E-state index is 12.5. The van der Waals surface area contributed by atoms with Crippen LogP contribution in [0.5, 0.6) is 0 Å². The fraction of sp³-hybridized carbons (Fsp3) is 0.435. The highest BCUT2D eigenvalue weighted by molar-refractivity contribution is 5.78. The Morgan fingerprint density at radius 1 is 0.963 bits per heavy atom. The lowest BCUT2D eigenvalue weighted by atomic mass is 10.0. The fourth-order valence-electron chi connectivity index (χ4n) is 3.55. The zero-order chi connectivity index (χ0) is 19.2. The van der Waals surface area contributed by atoms with Gasteiger partial charge in [-0.05, 0) is 43.0 Å². The number of rotatable bonds is 6. The minimum atomic E-state index is 0.0381. The van der Waals surface area contributed by atoms with Crippen LogP contribution in [0.4, 0.5) is 0 Å². The molecule has 1 aliphatic rings. The van der Waals surface area contributed by atoms with Crippen LogP contribution >= 0.6 is 0 Å². The predicted octanol–water partition coefficient (Wildman–Crippen LogP) is 3.30. The highest BCUT2D eigenvalue weighted by Crippen LogP contribution is 2.17. The predicted molar refractivity (Wildman–Crippen MR) is 111 cm³/mol. The Bertz CT molecular complexity index is 751. The van der Waals surface area contributed by atoms with Crippen LogP contribution in [-0.2, 0) is 11.3 Å². The van der Waals surface area contributed by atoms with Crippen LogP contribution in [0.1, 0.15) is 35.2 Å². The van der Waals surface area contributed by atoms with E-state index in [0.717, 1.165) is 32.7 Å². The summed E-state index contributed by atoms with van der Waals surface area (Å²) < 4.78 is 0. The van der Waals surface area contributed by atoms with E-state index in [9.17, 15) is 4.79 Å². The Morgan fingerprint density at radius 2 is 1.63 bits per heavy atom. The van der Waals surface area contributed by atoms with Gasteiger partial charge in [-0.15, -0.1) is 0 Å². The van der Waals surface area contributed by atoms with Crippen LogP contribution in [0.3, 0.4) is 0 Å². The molecule has 2 aromatic rings. The van der Waals surface area contributed by atoms with Crippen LogP contribution < -0.4 is 5.32 Å². The first-order chi connectivity index (χ1) is 13.0. The molecule has 0 saturated carbocycles. The van der Waals surface area contributed by atoms with Crippen molar-refractivity contribution in [3.63, 3.8) is 0 Å². The number of carbonyl (C=O) groups excluding carboxylic acids is 1. The fourth-order valence-corrected chi connectivity index (χ4v) is 3.55. The van der Waals surface area contributed by atoms with Crippen molar-refractivity contribution < 1.29 is 4.79 Å². The number of hydrogen-bond acceptors (Lipinski definition) is 3. The van der Waals surface area contributed by atoms with Crippen molar-refractivity contribution in [2.75, 3.05) is 32.7 Å². The van der Waals surface area contributed by atoms with E-state index in [1.54, 1.807) is 0 Å². The van der Waals surface area contributed by atoms with Crippen LogP contribution in [0, 0.1) is 13.8 Å². The van der Waals surface area contributed by atoms with E-state index in [0.29, 0.717) is 6.54 Å². The average molecular weight is 366 g/mol. The van der Waals surface area contributed by atoms with Gasteiger partial charge in [0.1, 0.15) is 0 Å². The van der Waals surface area contributed by atoms with Gasteiger partial charge in [0.25, 0.3) is 0 Å². The van der Waals surface area contributed by atoms with Crippen LogP contribution in [-0.4, -0.2) is 48.4 Å². The molecule has 1 fully saturated rings. The second-order valence-corrected chi connectivity index (χ2v) is 7.67. The summed E-state index contributed by atoms with van der Waals surface area (Å²) in [5.41, 5.74) is 5.07. The van der Waals surface area contributed by atoms with E-state index in [1.807, 2.05) is 0 Å². The summed E-state index contributed by atoms with van der Waals surface area (Å²) >= 11 is 0. The van der Waals surface area contributed by atoms with Crippen molar-refractivity contribution in [1.29, 1.82) is 0 Å². The number of aryl methyl sites for hydroxylation is 2. The van der Waals surface area contributed by atoms with Gasteiger partial charge in [-0.3, -0.25) is 14.6 Å². The molecule has 0 unspecified atom stereocenters. The van der Waals surface area contributed by atoms with E-state index in [-0.39, 0.29) is 11.9 Å². The van der Waals surface area contributed by atoms with E-state index in [4.69, 9.17) is 0 Å². The Labute approximate surface area is 163 Å². The summed E-state index contributed by atoms with van der Waals surface area (Å²) in [5, 5.41) is 3.15. The number of nitrogens with zero attached hydrogens (tertiary/aromatic N) is 2. The summed E-state index contributed by atoms with van der Waals surface area (Å²) in [6, 6.07) is 17.0. The minimum absolute atomic E-state index is 0.0381.